The van der Waals surface area contributed by atoms with Crippen LogP contribution in [-0.2, 0) is 22.2 Å². The molecule has 1 aliphatic heterocycles. The number of rotatable bonds is 11. The number of halogens is 3. The average Bonchev–Trinajstić information content (AvgIpc) is 3.39. The van der Waals surface area contributed by atoms with Crippen molar-refractivity contribution in [2.75, 3.05) is 25.0 Å². The van der Waals surface area contributed by atoms with Crippen LogP contribution >= 0.6 is 0 Å². The molecule has 3 aliphatic carbocycles. The second-order valence-corrected chi connectivity index (χ2v) is 15.4. The van der Waals surface area contributed by atoms with Gasteiger partial charge in [0.25, 0.3) is 0 Å². The number of carbonyl (C=O) groups is 2. The number of anilines is 1. The number of aromatic nitrogens is 2. The van der Waals surface area contributed by atoms with Crippen LogP contribution in [0.4, 0.5) is 19.0 Å². The molecule has 4 unspecified atom stereocenters. The van der Waals surface area contributed by atoms with Crippen molar-refractivity contribution < 1.29 is 43.2 Å². The number of fused-ring (bicyclic) bond motifs is 5. The molecule has 2 heterocycles. The lowest BCUT2D eigenvalue weighted by Crippen LogP contribution is -2.59. The van der Waals surface area contributed by atoms with Crippen LogP contribution in [0.2, 0.25) is 0 Å². The fourth-order valence-electron chi connectivity index (χ4n) is 9.55. The van der Waals surface area contributed by atoms with Gasteiger partial charge in [0.2, 0.25) is 11.8 Å². The number of hydrogen-bond acceptors (Lipinski definition) is 9. The van der Waals surface area contributed by atoms with Gasteiger partial charge in [0.1, 0.15) is 17.7 Å². The Labute approximate surface area is 296 Å². The molecule has 2 aromatic rings. The van der Waals surface area contributed by atoms with E-state index in [1.54, 1.807) is 6.07 Å². The molecular weight excluding hydrogens is 667 g/mol. The molecule has 0 spiro atoms. The van der Waals surface area contributed by atoms with Crippen molar-refractivity contribution in [2.45, 2.75) is 114 Å². The summed E-state index contributed by atoms with van der Waals surface area (Å²) in [5, 5.41) is 47.6. The van der Waals surface area contributed by atoms with Crippen LogP contribution in [0.15, 0.2) is 30.6 Å². The number of amides is 2. The number of nitrogens with one attached hydrogen (secondary N) is 2. The van der Waals surface area contributed by atoms with E-state index in [1.807, 2.05) is 6.07 Å². The maximum Gasteiger partial charge on any atom is 0.434 e. The molecule has 11 nitrogen and oxygen atoms in total. The smallest absolute Gasteiger partial charge is 0.434 e. The monoisotopic (exact) mass is 717 g/mol. The molecule has 0 bridgehead atoms. The summed E-state index contributed by atoms with van der Waals surface area (Å²) in [5.41, 5.74) is 1.30. The van der Waals surface area contributed by atoms with Gasteiger partial charge in [-0.2, -0.15) is 13.2 Å². The van der Waals surface area contributed by atoms with E-state index in [2.05, 4.69) is 33.6 Å². The van der Waals surface area contributed by atoms with Gasteiger partial charge in [0.15, 0.2) is 5.69 Å². The van der Waals surface area contributed by atoms with Crippen LogP contribution in [0.25, 0.3) is 0 Å². The largest absolute Gasteiger partial charge is 0.508 e. The lowest BCUT2D eigenvalue weighted by Gasteiger charge is -2.53. The van der Waals surface area contributed by atoms with Gasteiger partial charge in [0.05, 0.1) is 30.6 Å². The molecule has 4 aliphatic rings. The topological polar surface area (TPSA) is 168 Å². The molecule has 51 heavy (non-hydrogen) atoms. The van der Waals surface area contributed by atoms with Crippen molar-refractivity contribution in [2.24, 2.45) is 23.2 Å². The molecule has 3 fully saturated rings. The average molecular weight is 718 g/mol. The summed E-state index contributed by atoms with van der Waals surface area (Å²) in [4.78, 5) is 34.0. The summed E-state index contributed by atoms with van der Waals surface area (Å²) in [6, 6.07) is 4.83. The number of unbranched alkanes of at least 4 members (excludes halogenated alkanes) is 1. The predicted molar refractivity (Wildman–Crippen MR) is 181 cm³/mol. The van der Waals surface area contributed by atoms with Gasteiger partial charge in [-0.15, -0.1) is 0 Å². The second-order valence-electron chi connectivity index (χ2n) is 15.4. The van der Waals surface area contributed by atoms with Crippen LogP contribution < -0.4 is 10.6 Å². The number of β-amino-alcohol motifs (C(OH)–C–C–N with tert-alkyl or cyclic N) is 1. The molecule has 1 saturated heterocycles. The Hall–Kier alpha value is -3.49. The number of piperidine rings is 1. The molecule has 9 atom stereocenters. The standard InChI is InChI=1S/C37H50F3N5O6/c1-36-13-12-25-24-9-8-23(46)16-22(24)15-21(34(25)26(36)10-11-30(36)48)5-4-14-42-32(49)6-2-3-7-33(50)45-19-27(35(51)28(47)20-45)43-31-18-41-17-29(44-31)37(38,39)40/h8-9,16-18,21,25-28,30,34-35,46-48,51H,2-7,10-15,19-20H2,1H3,(H,42,49)(H,43,44)/t21?,25?,26?,27-,28-,30-,34?,35+,36-/m0/s1. The third-order valence-corrected chi connectivity index (χ3v) is 12.2. The summed E-state index contributed by atoms with van der Waals surface area (Å²) in [6.07, 6.45) is 1.91. The van der Waals surface area contributed by atoms with Gasteiger partial charge in [-0.3, -0.25) is 14.6 Å². The molecule has 14 heteroatoms. The maximum atomic E-state index is 13.0. The van der Waals surface area contributed by atoms with Crippen LogP contribution in [0.5, 0.6) is 5.75 Å². The number of aromatic hydroxyl groups is 1. The number of likely N-dealkylation sites (tertiary alicyclic amines) is 1. The van der Waals surface area contributed by atoms with Crippen molar-refractivity contribution in [1.82, 2.24) is 20.2 Å². The summed E-state index contributed by atoms with van der Waals surface area (Å²) >= 11 is 0. The van der Waals surface area contributed by atoms with E-state index in [4.69, 9.17) is 0 Å². The van der Waals surface area contributed by atoms with Gasteiger partial charge in [-0.1, -0.05) is 13.0 Å². The van der Waals surface area contributed by atoms with Crippen LogP contribution in [-0.4, -0.2) is 91.1 Å². The minimum Gasteiger partial charge on any atom is -0.508 e. The molecule has 6 N–H and O–H groups in total. The van der Waals surface area contributed by atoms with E-state index < -0.39 is 30.1 Å². The third-order valence-electron chi connectivity index (χ3n) is 12.2. The number of phenols is 1. The van der Waals surface area contributed by atoms with Crippen molar-refractivity contribution >= 4 is 17.6 Å². The highest BCUT2D eigenvalue weighted by atomic mass is 19.4. The lowest BCUT2D eigenvalue weighted by atomic mass is 9.52. The highest BCUT2D eigenvalue weighted by molar-refractivity contribution is 5.77. The normalized spacial score (nSPS) is 31.7. The minimum atomic E-state index is -4.70. The van der Waals surface area contributed by atoms with Crippen LogP contribution in [0.1, 0.15) is 93.9 Å². The molecule has 2 amide bonds. The Morgan fingerprint density at radius 1 is 1.04 bits per heavy atom. The van der Waals surface area contributed by atoms with Gasteiger partial charge in [-0.25, -0.2) is 4.98 Å². The molecule has 2 saturated carbocycles. The summed E-state index contributed by atoms with van der Waals surface area (Å²) < 4.78 is 39.1. The van der Waals surface area contributed by atoms with Crippen LogP contribution in [0, 0.1) is 23.2 Å². The van der Waals surface area contributed by atoms with Crippen LogP contribution in [0.3, 0.4) is 0 Å². The molecule has 1 aromatic carbocycles. The maximum absolute atomic E-state index is 13.0. The summed E-state index contributed by atoms with van der Waals surface area (Å²) in [7, 11) is 0. The zero-order valence-corrected chi connectivity index (χ0v) is 29.0. The number of alkyl halides is 3. The Bertz CT molecular complexity index is 1560. The fourth-order valence-corrected chi connectivity index (χ4v) is 9.55. The summed E-state index contributed by atoms with van der Waals surface area (Å²) in [6.45, 7) is 2.63. The number of hydrogen-bond donors (Lipinski definition) is 6. The van der Waals surface area contributed by atoms with E-state index in [9.17, 15) is 43.2 Å². The van der Waals surface area contributed by atoms with E-state index in [0.29, 0.717) is 49.3 Å². The van der Waals surface area contributed by atoms with Gasteiger partial charge < -0.3 is 36.0 Å². The highest BCUT2D eigenvalue weighted by Crippen LogP contribution is 2.62. The highest BCUT2D eigenvalue weighted by Gasteiger charge is 2.56. The second kappa shape index (κ2) is 15.2. The minimum absolute atomic E-state index is 0.0502. The predicted octanol–water partition coefficient (Wildman–Crippen LogP) is 4.15. The zero-order valence-electron chi connectivity index (χ0n) is 29.0. The number of aliphatic hydroxyl groups excluding tert-OH is 3. The summed E-state index contributed by atoms with van der Waals surface area (Å²) in [5.74, 6) is 1.42. The lowest BCUT2D eigenvalue weighted by molar-refractivity contribution is -0.141. The van der Waals surface area contributed by atoms with E-state index in [1.165, 1.54) is 16.0 Å². The first-order valence-corrected chi connectivity index (χ1v) is 18.3. The zero-order chi connectivity index (χ0) is 36.5. The Balaban J connectivity index is 0.936. The van der Waals surface area contributed by atoms with Crippen molar-refractivity contribution in [3.8, 4) is 5.75 Å². The Morgan fingerprint density at radius 2 is 1.82 bits per heavy atom. The molecule has 1 aromatic heterocycles. The first-order valence-electron chi connectivity index (χ1n) is 18.3. The van der Waals surface area contributed by atoms with Gasteiger partial charge in [-0.05, 0) is 110 Å². The third kappa shape index (κ3) is 8.12. The number of carbonyl (C=O) groups excluding carboxylic acids is 2. The first kappa shape index (κ1) is 37.3. The quantitative estimate of drug-likeness (QED) is 0.187. The molecular formula is C37H50F3N5O6. The van der Waals surface area contributed by atoms with Crippen molar-refractivity contribution in [3.63, 3.8) is 0 Å². The molecule has 6 rings (SSSR count). The fraction of sp³-hybridized carbons (Fsp3) is 0.676. The first-order chi connectivity index (χ1) is 24.2. The van der Waals surface area contributed by atoms with Crippen molar-refractivity contribution in [1.29, 1.82) is 0 Å². The number of aliphatic hydroxyl groups is 3. The Kier molecular flexibility index (Phi) is 11.1. The van der Waals surface area contributed by atoms with E-state index >= 15 is 0 Å². The number of nitrogens with zero attached hydrogens (tertiary/aromatic N) is 3. The SMILES string of the molecule is C[C@]12CCC3c4ccc(O)cc4CC(CCCNC(=O)CCCCC(=O)N4C[C@H](Nc5cncc(C(F)(F)F)n5)[C@@H](O)[C@@H](O)C4)C3C1CC[C@@H]2O. The molecule has 280 valence electrons. The molecule has 0 radical (unpaired) electrons. The Morgan fingerprint density at radius 3 is 2.61 bits per heavy atom. The number of benzene rings is 1. The van der Waals surface area contributed by atoms with E-state index in [-0.39, 0.29) is 60.8 Å². The van der Waals surface area contributed by atoms with Crippen molar-refractivity contribution in [3.05, 3.63) is 47.4 Å². The van der Waals surface area contributed by atoms with Gasteiger partial charge >= 0.3 is 6.18 Å². The van der Waals surface area contributed by atoms with Gasteiger partial charge in [0, 0.05) is 32.5 Å². The number of phenolic OH excluding ortho intramolecular Hbond substituents is 1. The van der Waals surface area contributed by atoms with E-state index in [0.717, 1.165) is 51.1 Å².